The number of thioether (sulfide) groups is 1. The van der Waals surface area contributed by atoms with E-state index in [0.29, 0.717) is 17.3 Å². The molecule has 0 fully saturated rings. The number of hydrogen-bond donors (Lipinski definition) is 1. The second-order valence-electron chi connectivity index (χ2n) is 6.87. The molecule has 0 atom stereocenters. The number of rotatable bonds is 7. The molecule has 0 aliphatic carbocycles. The Bertz CT molecular complexity index is 1060. The predicted molar refractivity (Wildman–Crippen MR) is 114 cm³/mol. The first-order valence-corrected chi connectivity index (χ1v) is 11.0. The zero-order chi connectivity index (χ0) is 19.7. The number of H-pyrrole nitrogens is 1. The van der Waals surface area contributed by atoms with Gasteiger partial charge in [0.25, 0.3) is 5.56 Å². The van der Waals surface area contributed by atoms with Gasteiger partial charge in [0.15, 0.2) is 10.9 Å². The van der Waals surface area contributed by atoms with Crippen molar-refractivity contribution in [3.05, 3.63) is 43.8 Å². The lowest BCUT2D eigenvalue weighted by molar-refractivity contribution is 0.102. The van der Waals surface area contributed by atoms with E-state index in [1.807, 2.05) is 33.8 Å². The van der Waals surface area contributed by atoms with Crippen LogP contribution in [0.1, 0.15) is 52.0 Å². The molecule has 0 spiro atoms. The number of ketones is 1. The summed E-state index contributed by atoms with van der Waals surface area (Å²) in [5, 5.41) is 1.36. The number of aromatic amines is 1. The maximum Gasteiger partial charge on any atom is 0.263 e. The molecule has 27 heavy (non-hydrogen) atoms. The van der Waals surface area contributed by atoms with Crippen molar-refractivity contribution < 1.29 is 4.79 Å². The smallest absolute Gasteiger partial charge is 0.263 e. The molecule has 3 heterocycles. The summed E-state index contributed by atoms with van der Waals surface area (Å²) in [6, 6.07) is 1.88. The van der Waals surface area contributed by atoms with Gasteiger partial charge in [-0.1, -0.05) is 25.1 Å². The highest BCUT2D eigenvalue weighted by Gasteiger charge is 2.18. The van der Waals surface area contributed by atoms with Crippen LogP contribution in [0.4, 0.5) is 0 Å². The van der Waals surface area contributed by atoms with Crippen LogP contribution in [-0.4, -0.2) is 26.1 Å². The first kappa shape index (κ1) is 19.9. The van der Waals surface area contributed by atoms with Gasteiger partial charge in [-0.05, 0) is 45.7 Å². The summed E-state index contributed by atoms with van der Waals surface area (Å²) in [6.45, 7) is 10.6. The van der Waals surface area contributed by atoms with Gasteiger partial charge in [-0.2, -0.15) is 0 Å². The summed E-state index contributed by atoms with van der Waals surface area (Å²) in [7, 11) is 0. The van der Waals surface area contributed by atoms with Gasteiger partial charge >= 0.3 is 0 Å². The maximum absolute atomic E-state index is 13.1. The van der Waals surface area contributed by atoms with Gasteiger partial charge in [0.2, 0.25) is 0 Å². The Morgan fingerprint density at radius 1 is 1.30 bits per heavy atom. The Labute approximate surface area is 167 Å². The predicted octanol–water partition coefficient (Wildman–Crippen LogP) is 4.79. The Morgan fingerprint density at radius 3 is 2.67 bits per heavy atom. The van der Waals surface area contributed by atoms with Crippen molar-refractivity contribution in [1.82, 2.24) is 14.5 Å². The fourth-order valence-corrected chi connectivity index (χ4v) is 5.13. The normalized spacial score (nSPS) is 11.4. The average molecular weight is 404 g/mol. The van der Waals surface area contributed by atoms with E-state index in [4.69, 9.17) is 4.98 Å². The summed E-state index contributed by atoms with van der Waals surface area (Å²) in [4.78, 5) is 35.5. The number of aryl methyl sites for hydroxylation is 4. The molecule has 0 saturated carbocycles. The molecule has 1 N–H and O–H groups in total. The maximum atomic E-state index is 13.1. The number of hydrogen-bond acceptors (Lipinski definition) is 5. The molecule has 3 aromatic heterocycles. The van der Waals surface area contributed by atoms with Crippen LogP contribution in [0.5, 0.6) is 0 Å². The number of fused-ring (bicyclic) bond motifs is 1. The molecule has 144 valence electrons. The average Bonchev–Trinajstić information content (AvgIpc) is 3.10. The van der Waals surface area contributed by atoms with Crippen LogP contribution >= 0.6 is 23.1 Å². The molecule has 0 amide bonds. The van der Waals surface area contributed by atoms with Crippen molar-refractivity contribution in [2.45, 2.75) is 59.2 Å². The lowest BCUT2D eigenvalue weighted by Gasteiger charge is -2.11. The van der Waals surface area contributed by atoms with Gasteiger partial charge in [0.05, 0.1) is 11.1 Å². The lowest BCUT2D eigenvalue weighted by Crippen LogP contribution is -2.23. The number of nitrogens with one attached hydrogen (secondary N) is 1. The summed E-state index contributed by atoms with van der Waals surface area (Å²) in [5.74, 6) is 0.322. The first-order chi connectivity index (χ1) is 12.8. The number of aromatic nitrogens is 3. The van der Waals surface area contributed by atoms with E-state index in [1.54, 1.807) is 15.9 Å². The topological polar surface area (TPSA) is 67.8 Å². The lowest BCUT2D eigenvalue weighted by atomic mass is 10.2. The molecule has 0 aliphatic heterocycles. The highest BCUT2D eigenvalue weighted by atomic mass is 32.2. The number of thiophene rings is 1. The number of carbonyl (C=O) groups is 1. The third-order valence-corrected chi connectivity index (χ3v) is 6.85. The largest absolute Gasteiger partial charge is 0.362 e. The molecule has 7 heteroatoms. The Balaban J connectivity index is 1.95. The van der Waals surface area contributed by atoms with Crippen molar-refractivity contribution in [3.8, 4) is 0 Å². The number of Topliss-reactive ketones (excluding diaryl/α,β-unsaturated/α-hetero) is 1. The van der Waals surface area contributed by atoms with E-state index in [9.17, 15) is 9.59 Å². The molecule has 5 nitrogen and oxygen atoms in total. The minimum absolute atomic E-state index is 0.0129. The molecular formula is C20H25N3O2S2. The van der Waals surface area contributed by atoms with Crippen LogP contribution in [0, 0.1) is 27.7 Å². The summed E-state index contributed by atoms with van der Waals surface area (Å²) >= 11 is 2.91. The zero-order valence-corrected chi connectivity index (χ0v) is 18.1. The quantitative estimate of drug-likeness (QED) is 0.350. The minimum Gasteiger partial charge on any atom is -0.362 e. The molecule has 3 rings (SSSR count). The van der Waals surface area contributed by atoms with E-state index in [2.05, 4.69) is 11.9 Å². The van der Waals surface area contributed by atoms with Gasteiger partial charge in [0, 0.05) is 28.4 Å². The van der Waals surface area contributed by atoms with E-state index < -0.39 is 0 Å². The van der Waals surface area contributed by atoms with E-state index in [-0.39, 0.29) is 17.1 Å². The number of carbonyl (C=O) groups excluding carboxylic acids is 1. The third kappa shape index (κ3) is 3.89. The Kier molecular flexibility index (Phi) is 5.91. The SMILES string of the molecule is CCCCn1c(SCC(=O)c2cc(C)[nH]c2C)nc2sc(C)c(C)c2c1=O. The highest BCUT2D eigenvalue weighted by Crippen LogP contribution is 2.29. The Morgan fingerprint density at radius 2 is 2.04 bits per heavy atom. The molecule has 0 aromatic carbocycles. The van der Waals surface area contributed by atoms with Gasteiger partial charge in [0.1, 0.15) is 4.83 Å². The van der Waals surface area contributed by atoms with Crippen LogP contribution in [0.2, 0.25) is 0 Å². The standard InChI is InChI=1S/C20H25N3O2S2/c1-6-7-8-23-19(25)17-12(3)14(5)27-18(17)22-20(23)26-10-16(24)15-9-11(2)21-13(15)4/h9,21H,6-8,10H2,1-5H3. The molecule has 3 aromatic rings. The van der Waals surface area contributed by atoms with Gasteiger partial charge in [-0.25, -0.2) is 4.98 Å². The summed E-state index contributed by atoms with van der Waals surface area (Å²) in [5.41, 5.74) is 3.60. The second-order valence-corrected chi connectivity index (χ2v) is 9.02. The van der Waals surface area contributed by atoms with E-state index in [0.717, 1.165) is 44.9 Å². The van der Waals surface area contributed by atoms with Crippen molar-refractivity contribution in [1.29, 1.82) is 0 Å². The van der Waals surface area contributed by atoms with Crippen molar-refractivity contribution in [2.24, 2.45) is 0 Å². The molecule has 0 radical (unpaired) electrons. The summed E-state index contributed by atoms with van der Waals surface area (Å²) in [6.07, 6.45) is 1.91. The fraction of sp³-hybridized carbons (Fsp3) is 0.450. The monoisotopic (exact) mass is 403 g/mol. The van der Waals surface area contributed by atoms with Crippen molar-refractivity contribution in [3.63, 3.8) is 0 Å². The zero-order valence-electron chi connectivity index (χ0n) is 16.4. The first-order valence-electron chi connectivity index (χ1n) is 9.16. The molecule has 0 unspecified atom stereocenters. The van der Waals surface area contributed by atoms with Gasteiger partial charge in [-0.3, -0.25) is 14.2 Å². The van der Waals surface area contributed by atoms with E-state index in [1.165, 1.54) is 11.8 Å². The Hall–Kier alpha value is -1.86. The van der Waals surface area contributed by atoms with Crippen molar-refractivity contribution >= 4 is 39.1 Å². The minimum atomic E-state index is 0.0129. The highest BCUT2D eigenvalue weighted by molar-refractivity contribution is 7.99. The van der Waals surface area contributed by atoms with Crippen molar-refractivity contribution in [2.75, 3.05) is 5.75 Å². The van der Waals surface area contributed by atoms with Crippen LogP contribution in [0.15, 0.2) is 16.0 Å². The van der Waals surface area contributed by atoms with Gasteiger partial charge < -0.3 is 4.98 Å². The van der Waals surface area contributed by atoms with Crippen LogP contribution in [0.25, 0.3) is 10.2 Å². The third-order valence-electron chi connectivity index (χ3n) is 4.77. The molecule has 0 aliphatic rings. The van der Waals surface area contributed by atoms with E-state index >= 15 is 0 Å². The van der Waals surface area contributed by atoms with Crippen LogP contribution in [0.3, 0.4) is 0 Å². The molecule has 0 bridgehead atoms. The fourth-order valence-electron chi connectivity index (χ4n) is 3.15. The number of nitrogens with zero attached hydrogens (tertiary/aromatic N) is 2. The van der Waals surface area contributed by atoms with Crippen LogP contribution < -0.4 is 5.56 Å². The number of unbranched alkanes of at least 4 members (excludes halogenated alkanes) is 1. The molecule has 0 saturated heterocycles. The second kappa shape index (κ2) is 8.02. The van der Waals surface area contributed by atoms with Gasteiger partial charge in [-0.15, -0.1) is 11.3 Å². The summed E-state index contributed by atoms with van der Waals surface area (Å²) < 4.78 is 1.75. The molecular weight excluding hydrogens is 378 g/mol. The van der Waals surface area contributed by atoms with Crippen LogP contribution in [-0.2, 0) is 6.54 Å².